The summed E-state index contributed by atoms with van der Waals surface area (Å²) in [6.07, 6.45) is 5.01. The number of hydrogen-bond acceptors (Lipinski definition) is 1. The molecule has 0 saturated heterocycles. The summed E-state index contributed by atoms with van der Waals surface area (Å²) >= 11 is 3.70. The maximum Gasteiger partial charge on any atom is 0.0331 e. The van der Waals surface area contributed by atoms with Gasteiger partial charge in [-0.25, -0.2) is 0 Å². The van der Waals surface area contributed by atoms with Crippen LogP contribution < -0.4 is 5.32 Å². The zero-order chi connectivity index (χ0) is 14.3. The molecule has 0 spiro atoms. The van der Waals surface area contributed by atoms with Gasteiger partial charge in [-0.1, -0.05) is 67.2 Å². The summed E-state index contributed by atoms with van der Waals surface area (Å²) in [5.41, 5.74) is 2.75. The fraction of sp³-hybridized carbons (Fsp3) is 0.647. The molecular weight excluding hydrogens is 298 g/mol. The summed E-state index contributed by atoms with van der Waals surface area (Å²) in [4.78, 5) is 0. The Hall–Kier alpha value is -0.340. The van der Waals surface area contributed by atoms with Crippen molar-refractivity contribution in [3.8, 4) is 0 Å². The van der Waals surface area contributed by atoms with Gasteiger partial charge in [0, 0.05) is 10.5 Å². The first-order chi connectivity index (χ1) is 9.04. The van der Waals surface area contributed by atoms with Crippen molar-refractivity contribution in [2.24, 2.45) is 5.92 Å². The van der Waals surface area contributed by atoms with Gasteiger partial charge in [0.05, 0.1) is 0 Å². The van der Waals surface area contributed by atoms with Gasteiger partial charge in [0.25, 0.3) is 0 Å². The van der Waals surface area contributed by atoms with Crippen LogP contribution in [0.5, 0.6) is 0 Å². The predicted molar refractivity (Wildman–Crippen MR) is 88.6 cm³/mol. The normalized spacial score (nSPS) is 12.9. The van der Waals surface area contributed by atoms with Crippen LogP contribution in [0.2, 0.25) is 0 Å². The van der Waals surface area contributed by atoms with Crippen LogP contribution in [-0.2, 0) is 0 Å². The lowest BCUT2D eigenvalue weighted by Crippen LogP contribution is -2.22. The molecular formula is C17H28BrN. The smallest absolute Gasteiger partial charge is 0.0331 e. The molecule has 1 aromatic carbocycles. The fourth-order valence-electron chi connectivity index (χ4n) is 2.35. The Bertz CT molecular complexity index is 374. The van der Waals surface area contributed by atoms with Crippen molar-refractivity contribution in [2.45, 2.75) is 59.4 Å². The van der Waals surface area contributed by atoms with E-state index in [9.17, 15) is 0 Å². The third kappa shape index (κ3) is 6.09. The minimum Gasteiger partial charge on any atom is -0.310 e. The lowest BCUT2D eigenvalue weighted by molar-refractivity contribution is 0.446. The van der Waals surface area contributed by atoms with Crippen molar-refractivity contribution in [1.82, 2.24) is 5.32 Å². The molecule has 0 aliphatic rings. The monoisotopic (exact) mass is 325 g/mol. The Balaban J connectivity index is 2.73. The molecule has 19 heavy (non-hydrogen) atoms. The minimum atomic E-state index is 0.480. The molecule has 0 aliphatic heterocycles. The Morgan fingerprint density at radius 3 is 2.58 bits per heavy atom. The molecule has 0 saturated carbocycles. The van der Waals surface area contributed by atoms with Crippen molar-refractivity contribution in [1.29, 1.82) is 0 Å². The van der Waals surface area contributed by atoms with E-state index in [0.717, 1.165) is 12.5 Å². The second-order valence-corrected chi connectivity index (χ2v) is 6.71. The van der Waals surface area contributed by atoms with E-state index in [1.807, 2.05) is 0 Å². The Morgan fingerprint density at radius 2 is 1.95 bits per heavy atom. The Labute approximate surface area is 127 Å². The van der Waals surface area contributed by atoms with Crippen LogP contribution in [0.15, 0.2) is 22.7 Å². The highest BCUT2D eigenvalue weighted by Gasteiger charge is 2.14. The molecule has 1 nitrogen and oxygen atoms in total. The minimum absolute atomic E-state index is 0.480. The first kappa shape index (κ1) is 16.7. The predicted octanol–water partition coefficient (Wildman–Crippen LogP) is 5.62. The lowest BCUT2D eigenvalue weighted by atomic mass is 9.97. The van der Waals surface area contributed by atoms with E-state index in [1.54, 1.807) is 0 Å². The maximum absolute atomic E-state index is 3.70. The zero-order valence-electron chi connectivity index (χ0n) is 12.8. The van der Waals surface area contributed by atoms with Crippen LogP contribution in [-0.4, -0.2) is 6.54 Å². The van der Waals surface area contributed by atoms with E-state index in [4.69, 9.17) is 0 Å². The average molecular weight is 326 g/mol. The number of nitrogens with one attached hydrogen (secondary N) is 1. The SMILES string of the molecule is CCCNC(CCCC(C)C)c1cc(C)ccc1Br. The van der Waals surface area contributed by atoms with E-state index >= 15 is 0 Å². The van der Waals surface area contributed by atoms with Crippen LogP contribution in [0.4, 0.5) is 0 Å². The largest absolute Gasteiger partial charge is 0.310 e. The fourth-order valence-corrected chi connectivity index (χ4v) is 2.87. The van der Waals surface area contributed by atoms with E-state index < -0.39 is 0 Å². The molecule has 0 radical (unpaired) electrons. The van der Waals surface area contributed by atoms with Crippen LogP contribution in [0.1, 0.15) is 63.6 Å². The number of rotatable bonds is 8. The summed E-state index contributed by atoms with van der Waals surface area (Å²) in [6, 6.07) is 7.13. The molecule has 0 amide bonds. The summed E-state index contributed by atoms with van der Waals surface area (Å²) in [5, 5.41) is 3.70. The van der Waals surface area contributed by atoms with E-state index in [1.165, 1.54) is 41.3 Å². The van der Waals surface area contributed by atoms with E-state index in [0.29, 0.717) is 6.04 Å². The highest BCUT2D eigenvalue weighted by Crippen LogP contribution is 2.28. The number of halogens is 1. The molecule has 108 valence electrons. The van der Waals surface area contributed by atoms with Gasteiger partial charge in [-0.05, 0) is 43.9 Å². The average Bonchev–Trinajstić information content (AvgIpc) is 2.36. The molecule has 1 N–H and O–H groups in total. The summed E-state index contributed by atoms with van der Waals surface area (Å²) < 4.78 is 1.23. The highest BCUT2D eigenvalue weighted by molar-refractivity contribution is 9.10. The maximum atomic E-state index is 3.70. The summed E-state index contributed by atoms with van der Waals surface area (Å²) in [6.45, 7) is 10.1. The summed E-state index contributed by atoms with van der Waals surface area (Å²) in [5.74, 6) is 0.799. The van der Waals surface area contributed by atoms with Gasteiger partial charge in [0.15, 0.2) is 0 Å². The van der Waals surface area contributed by atoms with Gasteiger partial charge in [-0.2, -0.15) is 0 Å². The third-order valence-corrected chi connectivity index (χ3v) is 4.16. The molecule has 1 aromatic rings. The van der Waals surface area contributed by atoms with Crippen molar-refractivity contribution in [3.05, 3.63) is 33.8 Å². The van der Waals surface area contributed by atoms with Crippen LogP contribution in [0.25, 0.3) is 0 Å². The van der Waals surface area contributed by atoms with E-state index in [2.05, 4.69) is 67.1 Å². The lowest BCUT2D eigenvalue weighted by Gasteiger charge is -2.21. The molecule has 1 atom stereocenters. The molecule has 0 fully saturated rings. The van der Waals surface area contributed by atoms with E-state index in [-0.39, 0.29) is 0 Å². The standard InChI is InChI=1S/C17H28BrN/c1-5-11-19-17(8-6-7-13(2)3)15-12-14(4)9-10-16(15)18/h9-10,12-13,17,19H,5-8,11H2,1-4H3. The Morgan fingerprint density at radius 1 is 1.21 bits per heavy atom. The van der Waals surface area contributed by atoms with Gasteiger partial charge in [-0.15, -0.1) is 0 Å². The molecule has 0 aliphatic carbocycles. The molecule has 1 unspecified atom stereocenters. The van der Waals surface area contributed by atoms with Gasteiger partial charge in [-0.3, -0.25) is 0 Å². The number of benzene rings is 1. The van der Waals surface area contributed by atoms with Gasteiger partial charge < -0.3 is 5.32 Å². The second-order valence-electron chi connectivity index (χ2n) is 5.86. The van der Waals surface area contributed by atoms with Crippen molar-refractivity contribution in [2.75, 3.05) is 6.54 Å². The second kappa shape index (κ2) is 8.76. The molecule has 2 heteroatoms. The van der Waals surface area contributed by atoms with Crippen LogP contribution in [0, 0.1) is 12.8 Å². The van der Waals surface area contributed by atoms with Crippen molar-refractivity contribution >= 4 is 15.9 Å². The summed E-state index contributed by atoms with van der Waals surface area (Å²) in [7, 11) is 0. The Kier molecular flexibility index (Phi) is 7.70. The molecule has 0 aromatic heterocycles. The zero-order valence-corrected chi connectivity index (χ0v) is 14.4. The van der Waals surface area contributed by atoms with Crippen LogP contribution in [0.3, 0.4) is 0 Å². The number of hydrogen-bond donors (Lipinski definition) is 1. The van der Waals surface area contributed by atoms with Crippen molar-refractivity contribution in [3.63, 3.8) is 0 Å². The number of aryl methyl sites for hydroxylation is 1. The van der Waals surface area contributed by atoms with Gasteiger partial charge in [0.2, 0.25) is 0 Å². The highest BCUT2D eigenvalue weighted by atomic mass is 79.9. The van der Waals surface area contributed by atoms with Gasteiger partial charge in [0.1, 0.15) is 0 Å². The van der Waals surface area contributed by atoms with Crippen molar-refractivity contribution < 1.29 is 0 Å². The third-order valence-electron chi connectivity index (χ3n) is 3.44. The van der Waals surface area contributed by atoms with Gasteiger partial charge >= 0.3 is 0 Å². The van der Waals surface area contributed by atoms with Crippen LogP contribution >= 0.6 is 15.9 Å². The first-order valence-corrected chi connectivity index (χ1v) is 8.33. The topological polar surface area (TPSA) is 12.0 Å². The molecule has 1 rings (SSSR count). The molecule has 0 bridgehead atoms. The quantitative estimate of drug-likeness (QED) is 0.653. The molecule has 0 heterocycles. The first-order valence-electron chi connectivity index (χ1n) is 7.54.